The van der Waals surface area contributed by atoms with Crippen LogP contribution in [-0.2, 0) is 10.0 Å². The van der Waals surface area contributed by atoms with Gasteiger partial charge < -0.3 is 10.2 Å². The zero-order valence-corrected chi connectivity index (χ0v) is 14.3. The zero-order chi connectivity index (χ0) is 18.1. The van der Waals surface area contributed by atoms with Crippen molar-refractivity contribution in [2.45, 2.75) is 16.9 Å². The predicted octanol–water partition coefficient (Wildman–Crippen LogP) is 1.34. The quantitative estimate of drug-likeness (QED) is 0.859. The van der Waals surface area contributed by atoms with E-state index < -0.39 is 22.2 Å². The van der Waals surface area contributed by atoms with Crippen molar-refractivity contribution in [3.8, 4) is 17.2 Å². The average molecular weight is 358 g/mol. The Bertz CT molecular complexity index is 922. The van der Waals surface area contributed by atoms with Crippen LogP contribution in [0.25, 0.3) is 11.1 Å². The average Bonchev–Trinajstić information content (AvgIpc) is 3.05. The molecule has 3 rings (SSSR count). The van der Waals surface area contributed by atoms with E-state index in [4.69, 9.17) is 0 Å². The molecule has 1 unspecified atom stereocenters. The van der Waals surface area contributed by atoms with Crippen LogP contribution >= 0.6 is 0 Å². The van der Waals surface area contributed by atoms with Crippen LogP contribution in [0.5, 0.6) is 0 Å². The van der Waals surface area contributed by atoms with Gasteiger partial charge in [0.2, 0.25) is 10.0 Å². The molecule has 7 heteroatoms. The summed E-state index contributed by atoms with van der Waals surface area (Å²) < 4.78 is 26.8. The molecular weight excluding hydrogens is 340 g/mol. The molecule has 2 aromatic rings. The fraction of sp³-hybridized carbons (Fsp3) is 0.278. The van der Waals surface area contributed by atoms with E-state index in [0.717, 1.165) is 15.4 Å². The fourth-order valence-corrected chi connectivity index (χ4v) is 4.59. The number of hydrogen-bond acceptors (Lipinski definition) is 5. The third-order valence-electron chi connectivity index (χ3n) is 4.42. The number of aliphatic hydroxyl groups is 2. The maximum atomic E-state index is 12.8. The lowest BCUT2D eigenvalue weighted by molar-refractivity contribution is -0.000734. The van der Waals surface area contributed by atoms with E-state index in [1.807, 2.05) is 36.4 Å². The molecule has 1 fully saturated rings. The van der Waals surface area contributed by atoms with Crippen LogP contribution in [0.4, 0.5) is 0 Å². The molecule has 1 atom stereocenters. The maximum Gasteiger partial charge on any atom is 0.244 e. The maximum absolute atomic E-state index is 12.8. The molecule has 0 aliphatic carbocycles. The number of nitriles is 1. The standard InChI is InChI=1S/C18H18N2O4S/c19-11-16-10-15(14-4-2-1-3-5-14)6-7-17(16)25(23,24)20-9-8-18(22,12-20)13-21/h1-7,10,21-22H,8-9,12-13H2. The van der Waals surface area contributed by atoms with E-state index in [1.165, 1.54) is 6.07 Å². The molecule has 2 N–H and O–H groups in total. The molecule has 2 aromatic carbocycles. The summed E-state index contributed by atoms with van der Waals surface area (Å²) in [4.78, 5) is -0.0862. The van der Waals surface area contributed by atoms with Gasteiger partial charge in [0.25, 0.3) is 0 Å². The van der Waals surface area contributed by atoms with Gasteiger partial charge in [0.15, 0.2) is 0 Å². The number of hydrogen-bond donors (Lipinski definition) is 2. The van der Waals surface area contributed by atoms with E-state index in [2.05, 4.69) is 0 Å². The van der Waals surface area contributed by atoms with Crippen molar-refractivity contribution < 1.29 is 18.6 Å². The molecule has 130 valence electrons. The Labute approximate surface area is 146 Å². The lowest BCUT2D eigenvalue weighted by Crippen LogP contribution is -2.38. The van der Waals surface area contributed by atoms with Crippen LogP contribution in [0.2, 0.25) is 0 Å². The Morgan fingerprint density at radius 2 is 1.88 bits per heavy atom. The van der Waals surface area contributed by atoms with E-state index >= 15 is 0 Å². The van der Waals surface area contributed by atoms with Crippen molar-refractivity contribution in [3.05, 3.63) is 54.1 Å². The normalized spacial score (nSPS) is 21.2. The number of aliphatic hydroxyl groups excluding tert-OH is 1. The molecular formula is C18H18N2O4S. The molecule has 0 saturated carbocycles. The molecule has 0 amide bonds. The summed E-state index contributed by atoms with van der Waals surface area (Å²) in [5.74, 6) is 0. The van der Waals surface area contributed by atoms with Gasteiger partial charge in [-0.2, -0.15) is 9.57 Å². The first kappa shape index (κ1) is 17.6. The Kier molecular flexibility index (Phi) is 4.62. The van der Waals surface area contributed by atoms with Crippen molar-refractivity contribution >= 4 is 10.0 Å². The Morgan fingerprint density at radius 1 is 1.16 bits per heavy atom. The van der Waals surface area contributed by atoms with Gasteiger partial charge in [0.05, 0.1) is 17.1 Å². The third-order valence-corrected chi connectivity index (χ3v) is 6.32. The first-order chi connectivity index (χ1) is 11.9. The molecule has 1 aliphatic rings. The topological polar surface area (TPSA) is 102 Å². The lowest BCUT2D eigenvalue weighted by atomic mass is 10.0. The zero-order valence-electron chi connectivity index (χ0n) is 13.5. The summed E-state index contributed by atoms with van der Waals surface area (Å²) in [5, 5.41) is 28.7. The van der Waals surface area contributed by atoms with Gasteiger partial charge in [-0.25, -0.2) is 8.42 Å². The van der Waals surface area contributed by atoms with Crippen LogP contribution in [-0.4, -0.2) is 48.2 Å². The minimum Gasteiger partial charge on any atom is -0.393 e. The summed E-state index contributed by atoms with van der Waals surface area (Å²) >= 11 is 0. The first-order valence-corrected chi connectivity index (χ1v) is 9.27. The van der Waals surface area contributed by atoms with E-state index in [9.17, 15) is 23.9 Å². The number of benzene rings is 2. The Balaban J connectivity index is 1.99. The van der Waals surface area contributed by atoms with Crippen LogP contribution in [0.1, 0.15) is 12.0 Å². The molecule has 1 heterocycles. The van der Waals surface area contributed by atoms with Gasteiger partial charge in [-0.05, 0) is 29.7 Å². The van der Waals surface area contributed by atoms with Crippen LogP contribution in [0.15, 0.2) is 53.4 Å². The van der Waals surface area contributed by atoms with Gasteiger partial charge in [0, 0.05) is 13.1 Å². The van der Waals surface area contributed by atoms with E-state index in [-0.39, 0.29) is 30.0 Å². The monoisotopic (exact) mass is 358 g/mol. The van der Waals surface area contributed by atoms with Gasteiger partial charge in [-0.1, -0.05) is 36.4 Å². The van der Waals surface area contributed by atoms with Crippen molar-refractivity contribution in [1.82, 2.24) is 4.31 Å². The highest BCUT2D eigenvalue weighted by Gasteiger charge is 2.41. The highest BCUT2D eigenvalue weighted by atomic mass is 32.2. The van der Waals surface area contributed by atoms with Gasteiger partial charge in [0.1, 0.15) is 11.7 Å². The number of rotatable bonds is 4. The summed E-state index contributed by atoms with van der Waals surface area (Å²) in [6.45, 7) is -0.584. The second-order valence-corrected chi connectivity index (χ2v) is 8.07. The highest BCUT2D eigenvalue weighted by molar-refractivity contribution is 7.89. The number of nitrogens with zero attached hydrogens (tertiary/aromatic N) is 2. The minimum absolute atomic E-state index is 0.0563. The fourth-order valence-electron chi connectivity index (χ4n) is 2.94. The van der Waals surface area contributed by atoms with Crippen molar-refractivity contribution in [3.63, 3.8) is 0 Å². The second kappa shape index (κ2) is 6.58. The highest BCUT2D eigenvalue weighted by Crippen LogP contribution is 2.30. The molecule has 25 heavy (non-hydrogen) atoms. The van der Waals surface area contributed by atoms with Crippen LogP contribution < -0.4 is 0 Å². The van der Waals surface area contributed by atoms with Gasteiger partial charge in [-0.3, -0.25) is 0 Å². The van der Waals surface area contributed by atoms with Gasteiger partial charge >= 0.3 is 0 Å². The van der Waals surface area contributed by atoms with Crippen molar-refractivity contribution in [1.29, 1.82) is 5.26 Å². The third kappa shape index (κ3) is 3.30. The summed E-state index contributed by atoms with van der Waals surface area (Å²) in [5.41, 5.74) is 0.271. The first-order valence-electron chi connectivity index (χ1n) is 7.83. The summed E-state index contributed by atoms with van der Waals surface area (Å²) in [6, 6.07) is 16.0. The van der Waals surface area contributed by atoms with E-state index in [0.29, 0.717) is 0 Å². The molecule has 0 aromatic heterocycles. The smallest absolute Gasteiger partial charge is 0.244 e. The van der Waals surface area contributed by atoms with Crippen molar-refractivity contribution in [2.75, 3.05) is 19.7 Å². The minimum atomic E-state index is -3.92. The molecule has 0 spiro atoms. The Hall–Kier alpha value is -2.24. The molecule has 1 aliphatic heterocycles. The number of β-amino-alcohol motifs (C(OH)–C–C–N with tert-alkyl or cyclic N) is 1. The second-order valence-electron chi connectivity index (χ2n) is 6.16. The van der Waals surface area contributed by atoms with Crippen LogP contribution in [0, 0.1) is 11.3 Å². The van der Waals surface area contributed by atoms with Gasteiger partial charge in [-0.15, -0.1) is 0 Å². The largest absolute Gasteiger partial charge is 0.393 e. The summed E-state index contributed by atoms with van der Waals surface area (Å²) in [7, 11) is -3.92. The SMILES string of the molecule is N#Cc1cc(-c2ccccc2)ccc1S(=O)(=O)N1CCC(O)(CO)C1. The summed E-state index contributed by atoms with van der Waals surface area (Å²) in [6.07, 6.45) is 0.159. The van der Waals surface area contributed by atoms with E-state index in [1.54, 1.807) is 12.1 Å². The molecule has 6 nitrogen and oxygen atoms in total. The number of sulfonamides is 1. The van der Waals surface area contributed by atoms with Crippen LogP contribution in [0.3, 0.4) is 0 Å². The lowest BCUT2D eigenvalue weighted by Gasteiger charge is -2.21. The molecule has 0 radical (unpaired) electrons. The van der Waals surface area contributed by atoms with Crippen molar-refractivity contribution in [2.24, 2.45) is 0 Å². The Morgan fingerprint density at radius 3 is 2.48 bits per heavy atom. The predicted molar refractivity (Wildman–Crippen MR) is 92.0 cm³/mol. The molecule has 1 saturated heterocycles. The molecule has 0 bridgehead atoms.